The second-order valence-electron chi connectivity index (χ2n) is 25.9. The maximum atomic E-state index is 13.2. The van der Waals surface area contributed by atoms with Crippen molar-refractivity contribution in [2.24, 2.45) is 23.7 Å². The first-order valence-electron chi connectivity index (χ1n) is 31.5. The van der Waals surface area contributed by atoms with Crippen LogP contribution in [0.2, 0.25) is 0 Å². The largest absolute Gasteiger partial charge is 0.460 e. The van der Waals surface area contributed by atoms with Gasteiger partial charge in [-0.25, -0.2) is 9.59 Å². The Morgan fingerprint density at radius 2 is 0.989 bits per heavy atom. The number of esters is 2. The zero-order valence-corrected chi connectivity index (χ0v) is 50.8. The zero-order valence-electron chi connectivity index (χ0n) is 50.8. The van der Waals surface area contributed by atoms with Crippen molar-refractivity contribution < 1.29 is 158 Å². The Kier molecular flexibility index (Phi) is 25.6. The van der Waals surface area contributed by atoms with Crippen LogP contribution in [0.1, 0.15) is 77.6 Å². The number of hydrogen-bond acceptors (Lipinski definition) is 31. The second-order valence-corrected chi connectivity index (χ2v) is 25.9. The normalized spacial score (nSPS) is 50.1. The van der Waals surface area contributed by atoms with Gasteiger partial charge in [0.05, 0.1) is 74.1 Å². The van der Waals surface area contributed by atoms with Gasteiger partial charge in [0.2, 0.25) is 0 Å². The molecule has 0 spiro atoms. The highest BCUT2D eigenvalue weighted by molar-refractivity contribution is 5.82. The molecule has 0 aromatic heterocycles. The second kappa shape index (κ2) is 32.1. The molecule has 18 N–H and O–H groups in total. The third-order valence-corrected chi connectivity index (χ3v) is 19.7. The number of rotatable bonds is 20. The smallest absolute Gasteiger partial charge is 0.330 e. The van der Waals surface area contributed by atoms with Gasteiger partial charge in [-0.15, -0.1) is 0 Å². The molecule has 0 amide bonds. The molecule has 0 aromatic rings. The van der Waals surface area contributed by atoms with Crippen molar-refractivity contribution in [2.75, 3.05) is 34.0 Å². The summed E-state index contributed by atoms with van der Waals surface area (Å²) in [5.74, 6) is -3.36. The minimum Gasteiger partial charge on any atom is -0.460 e. The van der Waals surface area contributed by atoms with Crippen LogP contribution in [0.25, 0.3) is 0 Å². The van der Waals surface area contributed by atoms with Crippen molar-refractivity contribution in [3.05, 3.63) is 24.3 Å². The van der Waals surface area contributed by atoms with Gasteiger partial charge in [0, 0.05) is 45.1 Å². The highest BCUT2D eigenvalue weighted by atomic mass is 16.8. The summed E-state index contributed by atoms with van der Waals surface area (Å²) < 4.78 is 75.1. The van der Waals surface area contributed by atoms with Gasteiger partial charge in [0.25, 0.3) is 0 Å². The van der Waals surface area contributed by atoms with Gasteiger partial charge in [0.1, 0.15) is 104 Å². The van der Waals surface area contributed by atoms with E-state index in [2.05, 4.69) is 0 Å². The van der Waals surface area contributed by atoms with E-state index in [0.717, 1.165) is 12.2 Å². The maximum absolute atomic E-state index is 13.2. The molecule has 9 rings (SSSR count). The molecule has 91 heavy (non-hydrogen) atoms. The van der Waals surface area contributed by atoms with Crippen molar-refractivity contribution in [1.82, 2.24) is 0 Å². The van der Waals surface area contributed by atoms with Crippen LogP contribution in [0.3, 0.4) is 0 Å². The predicted octanol–water partition coefficient (Wildman–Crippen LogP) is -7.47. The van der Waals surface area contributed by atoms with Gasteiger partial charge >= 0.3 is 11.9 Å². The SMILES string of the molecule is COC1CC(C2[OH+]C3CC(O)CC(O[C@@H]4O[C@H](CO)[C@@H](O)[C@H](O)[C@H]4O)C3CC2O[C@@H]2O[C@H](CO[C@@H]3O[C@@H](C)[C@H](OC(=O)C=CC4CCC(O[C@@H]5O[C@H](COC(=O)C=CC6CCC(O)C(O)C6)[C@@H](O)[C@H](O)[C@H]5O)C(O)C4)[C@@H](O)[C@H]3O)[C@@H](O)[C@H](O)[C@H]2O)CC(OC)C1O. The molecule has 4 aliphatic carbocycles. The first kappa shape index (κ1) is 72.6. The molecular weight excluding hydrogens is 1220 g/mol. The van der Waals surface area contributed by atoms with Gasteiger partial charge in [-0.1, -0.05) is 12.2 Å². The van der Waals surface area contributed by atoms with Crippen LogP contribution in [-0.4, -0.2) is 334 Å². The number of aliphatic hydroxyl groups is 19. The predicted molar refractivity (Wildman–Crippen MR) is 299 cm³/mol. The van der Waals surface area contributed by atoms with Crippen molar-refractivity contribution in [1.29, 1.82) is 0 Å². The van der Waals surface area contributed by atoms with Crippen LogP contribution in [0, 0.1) is 23.7 Å². The van der Waals surface area contributed by atoms with Crippen LogP contribution >= 0.6 is 0 Å². The van der Waals surface area contributed by atoms with E-state index in [1.54, 1.807) is 6.08 Å². The summed E-state index contributed by atoms with van der Waals surface area (Å²) in [6, 6.07) is 0. The molecule has 522 valence electrons. The molecule has 34 atom stereocenters. The average Bonchev–Trinajstić information content (AvgIpc) is 0.986. The third-order valence-electron chi connectivity index (χ3n) is 19.7. The maximum Gasteiger partial charge on any atom is 0.330 e. The summed E-state index contributed by atoms with van der Waals surface area (Å²) in [6.45, 7) is -0.463. The van der Waals surface area contributed by atoms with Crippen LogP contribution in [0.4, 0.5) is 0 Å². The third kappa shape index (κ3) is 17.0. The van der Waals surface area contributed by atoms with E-state index in [4.69, 9.17) is 61.6 Å². The van der Waals surface area contributed by atoms with Crippen molar-refractivity contribution in [3.8, 4) is 0 Å². The monoisotopic (exact) mass is 1320 g/mol. The zero-order chi connectivity index (χ0) is 65.9. The number of carbonyl (C=O) groups is 2. The van der Waals surface area contributed by atoms with Crippen molar-refractivity contribution in [2.45, 2.75) is 274 Å². The molecule has 4 saturated carbocycles. The Balaban J connectivity index is 0.770. The Bertz CT molecular complexity index is 2340. The van der Waals surface area contributed by atoms with E-state index in [9.17, 15) is 96.4 Å². The molecule has 9 fully saturated rings. The van der Waals surface area contributed by atoms with E-state index in [1.165, 1.54) is 27.2 Å². The summed E-state index contributed by atoms with van der Waals surface area (Å²) in [5, 5.41) is 183. The van der Waals surface area contributed by atoms with E-state index >= 15 is 0 Å². The summed E-state index contributed by atoms with van der Waals surface area (Å²) in [4.78, 5) is 25.7. The Labute approximate surface area is 524 Å². The van der Waals surface area contributed by atoms with Gasteiger partial charge in [-0.05, 0) is 76.5 Å². The number of aliphatic hydroxyl groups excluding tert-OH is 17. The van der Waals surface area contributed by atoms with Gasteiger partial charge in [-0.3, -0.25) is 0 Å². The van der Waals surface area contributed by atoms with E-state index < -0.39 is 246 Å². The summed E-state index contributed by atoms with van der Waals surface area (Å²) >= 11 is 0. The molecule has 0 radical (unpaired) electrons. The highest BCUT2D eigenvalue weighted by Crippen LogP contribution is 2.45. The molecule has 32 heteroatoms. The molecule has 5 heterocycles. The molecule has 14 unspecified atom stereocenters. The fourth-order valence-corrected chi connectivity index (χ4v) is 14.3. The van der Waals surface area contributed by atoms with Crippen LogP contribution in [0.5, 0.6) is 0 Å². The van der Waals surface area contributed by atoms with Gasteiger partial charge in [0.15, 0.2) is 43.5 Å². The lowest BCUT2D eigenvalue weighted by Gasteiger charge is -2.50. The lowest BCUT2D eigenvalue weighted by atomic mass is 9.72. The summed E-state index contributed by atoms with van der Waals surface area (Å²) in [7, 11) is 2.88. The van der Waals surface area contributed by atoms with E-state index in [-0.39, 0.29) is 57.3 Å². The number of hydrogen-bond donors (Lipinski definition) is 17. The van der Waals surface area contributed by atoms with Gasteiger partial charge in [-0.2, -0.15) is 0 Å². The first-order chi connectivity index (χ1) is 43.3. The average molecular weight is 1320 g/mol. The lowest BCUT2D eigenvalue weighted by Crippen LogP contribution is -2.65. The Morgan fingerprint density at radius 1 is 0.473 bits per heavy atom. The quantitative estimate of drug-likeness (QED) is 0.0306. The molecule has 5 saturated heterocycles. The van der Waals surface area contributed by atoms with E-state index in [1.807, 2.05) is 0 Å². The van der Waals surface area contributed by atoms with Crippen molar-refractivity contribution in [3.63, 3.8) is 0 Å². The van der Waals surface area contributed by atoms with E-state index in [0.29, 0.717) is 19.3 Å². The minimum atomic E-state index is -1.91. The molecule has 0 aromatic carbocycles. The molecule has 32 nitrogen and oxygen atoms in total. The van der Waals surface area contributed by atoms with Gasteiger partial charge < -0.3 is 148 Å². The molecular formula is C59H95O32+. The number of methoxy groups -OCH3 is 2. The molecule has 9 aliphatic rings. The molecule has 5 aliphatic heterocycles. The fourth-order valence-electron chi connectivity index (χ4n) is 14.3. The van der Waals surface area contributed by atoms with Crippen LogP contribution in [0.15, 0.2) is 24.3 Å². The summed E-state index contributed by atoms with van der Waals surface area (Å²) in [6.07, 6.45) is -35.7. The highest BCUT2D eigenvalue weighted by Gasteiger charge is 2.58. The topological polar surface area (TPSA) is 502 Å². The first-order valence-corrected chi connectivity index (χ1v) is 31.5. The van der Waals surface area contributed by atoms with Crippen LogP contribution in [-0.2, 0) is 66.4 Å². The Hall–Kier alpha value is -2.70. The number of allylic oxidation sites excluding steroid dienone is 2. The number of carbonyl (C=O) groups excluding carboxylic acids is 2. The summed E-state index contributed by atoms with van der Waals surface area (Å²) in [5.41, 5.74) is 0. The Morgan fingerprint density at radius 3 is 1.56 bits per heavy atom. The minimum absolute atomic E-state index is 0.00176. The van der Waals surface area contributed by atoms with Crippen molar-refractivity contribution >= 4 is 11.9 Å². The fraction of sp³-hybridized carbons (Fsp3) is 0.898. The standard InChI is InChI=1S/C59H94O32/c1-22-54(91-41(66)11-7-24-5-9-31(30(64)13-24)85-57-51(76)47(72)44(69)38(89-57)20-81-40(65)10-6-23-4-8-28(62)29(63)12-23)49(74)53(78)56(83-22)82-21-39-45(70)48(73)52(77)59(90-39)87-36-18-27-32(84-55(36)25-14-34(79-2)42(67)35(15-25)80-3)16-26(61)17-33(27)86-58-50(75)46(71)43(68)37(19-60)88-58/h6-7,10-11,22-39,42-64,67-78H,4-5,8-9,12-21H2,1-3H3/p+1/t22-,23?,24?,25?,26?,27?,28?,29?,30?,31?,32?,33?,34?,35?,36?,37+,38+,39+,42?,43+,44+,45+,46-,47-,48-,49-,50+,51+,52+,53+,54-,55?,56+,57+,58+,59+/m0/s1. The number of ether oxygens (including phenoxy) is 13. The van der Waals surface area contributed by atoms with Crippen LogP contribution < -0.4 is 0 Å². The number of fused-ring (bicyclic) bond motifs is 1. The lowest BCUT2D eigenvalue weighted by molar-refractivity contribution is -0.371. The molecule has 0 bridgehead atoms.